The number of sulfonamides is 1. The molecule has 1 spiro atoms. The van der Waals surface area contributed by atoms with E-state index < -0.39 is 10.0 Å². The molecular formula is C19H26N4O4S. The van der Waals surface area contributed by atoms with Crippen LogP contribution in [0, 0.1) is 5.92 Å². The smallest absolute Gasteiger partial charge is 0.227 e. The quantitative estimate of drug-likeness (QED) is 0.751. The second-order valence-corrected chi connectivity index (χ2v) is 9.91. The van der Waals surface area contributed by atoms with Crippen molar-refractivity contribution >= 4 is 10.0 Å². The molecule has 1 unspecified atom stereocenters. The van der Waals surface area contributed by atoms with Gasteiger partial charge in [0.1, 0.15) is 0 Å². The highest BCUT2D eigenvalue weighted by atomic mass is 32.2. The van der Waals surface area contributed by atoms with Crippen LogP contribution in [0.3, 0.4) is 0 Å². The third kappa shape index (κ3) is 4.11. The van der Waals surface area contributed by atoms with Crippen LogP contribution in [0.1, 0.15) is 38.5 Å². The minimum absolute atomic E-state index is 0.153. The highest BCUT2D eigenvalue weighted by Gasteiger charge is 2.42. The molecule has 0 radical (unpaired) electrons. The van der Waals surface area contributed by atoms with Gasteiger partial charge in [-0.1, -0.05) is 5.16 Å². The number of rotatable bonds is 5. The van der Waals surface area contributed by atoms with Crippen LogP contribution in [-0.4, -0.2) is 58.9 Å². The van der Waals surface area contributed by atoms with E-state index in [1.54, 1.807) is 23.6 Å². The van der Waals surface area contributed by atoms with Gasteiger partial charge in [-0.25, -0.2) is 12.7 Å². The van der Waals surface area contributed by atoms with E-state index in [9.17, 15) is 8.42 Å². The standard InChI is InChI=1S/C19H26N4O4S/c1-2-28(24,25)23-9-6-19(7-10-23)13-15(5-11-26-19)12-17-21-18(22-27-17)16-4-3-8-20-14-16/h3-4,8,14-15H,2,5-7,9-13H2,1H3. The lowest BCUT2D eigenvalue weighted by Crippen LogP contribution is -2.51. The zero-order valence-electron chi connectivity index (χ0n) is 16.1. The first-order valence-corrected chi connectivity index (χ1v) is 11.5. The van der Waals surface area contributed by atoms with Crippen molar-refractivity contribution in [2.24, 2.45) is 5.92 Å². The molecule has 8 nitrogen and oxygen atoms in total. The number of nitrogens with zero attached hydrogens (tertiary/aromatic N) is 4. The molecule has 4 heterocycles. The summed E-state index contributed by atoms with van der Waals surface area (Å²) in [5, 5.41) is 4.07. The lowest BCUT2D eigenvalue weighted by Gasteiger charge is -2.45. The molecule has 2 fully saturated rings. The molecule has 9 heteroatoms. The van der Waals surface area contributed by atoms with Crippen LogP contribution in [0.5, 0.6) is 0 Å². The summed E-state index contributed by atoms with van der Waals surface area (Å²) >= 11 is 0. The molecule has 2 aliphatic rings. The Morgan fingerprint density at radius 3 is 2.86 bits per heavy atom. The number of piperidine rings is 1. The minimum atomic E-state index is -3.12. The number of pyridine rings is 1. The minimum Gasteiger partial charge on any atom is -0.375 e. The first-order valence-electron chi connectivity index (χ1n) is 9.84. The van der Waals surface area contributed by atoms with Gasteiger partial charge in [0, 0.05) is 44.1 Å². The van der Waals surface area contributed by atoms with Gasteiger partial charge in [-0.2, -0.15) is 4.98 Å². The van der Waals surface area contributed by atoms with Crippen molar-refractivity contribution < 1.29 is 17.7 Å². The van der Waals surface area contributed by atoms with E-state index in [0.29, 0.717) is 37.3 Å². The molecule has 1 atom stereocenters. The van der Waals surface area contributed by atoms with E-state index in [1.807, 2.05) is 12.1 Å². The molecule has 2 aromatic rings. The van der Waals surface area contributed by atoms with E-state index >= 15 is 0 Å². The average molecular weight is 407 g/mol. The summed E-state index contributed by atoms with van der Waals surface area (Å²) in [6.45, 7) is 3.45. The maximum absolute atomic E-state index is 12.1. The average Bonchev–Trinajstić information content (AvgIpc) is 3.18. The summed E-state index contributed by atoms with van der Waals surface area (Å²) in [5.74, 6) is 1.74. The Kier molecular flexibility index (Phi) is 5.48. The number of aromatic nitrogens is 3. The van der Waals surface area contributed by atoms with Crippen molar-refractivity contribution in [3.63, 3.8) is 0 Å². The van der Waals surface area contributed by atoms with Crippen molar-refractivity contribution in [2.75, 3.05) is 25.4 Å². The second kappa shape index (κ2) is 7.88. The Hall–Kier alpha value is -1.84. The molecule has 0 aliphatic carbocycles. The first-order chi connectivity index (χ1) is 13.5. The highest BCUT2D eigenvalue weighted by Crippen LogP contribution is 2.39. The first kappa shape index (κ1) is 19.5. The van der Waals surface area contributed by atoms with Crippen LogP contribution in [0.2, 0.25) is 0 Å². The summed E-state index contributed by atoms with van der Waals surface area (Å²) in [7, 11) is -3.12. The zero-order chi connectivity index (χ0) is 19.6. The fourth-order valence-electron chi connectivity index (χ4n) is 4.20. The monoisotopic (exact) mass is 406 g/mol. The third-order valence-corrected chi connectivity index (χ3v) is 7.72. The van der Waals surface area contributed by atoms with E-state index in [2.05, 4.69) is 15.1 Å². The predicted molar refractivity (Wildman–Crippen MR) is 103 cm³/mol. The van der Waals surface area contributed by atoms with E-state index in [0.717, 1.165) is 37.7 Å². The van der Waals surface area contributed by atoms with Gasteiger partial charge in [0.05, 0.1) is 11.4 Å². The van der Waals surface area contributed by atoms with Crippen molar-refractivity contribution in [1.29, 1.82) is 0 Å². The SMILES string of the molecule is CCS(=O)(=O)N1CCC2(CC1)CC(Cc1nc(-c3cccnc3)no1)CCO2. The third-order valence-electron chi connectivity index (χ3n) is 5.84. The number of hydrogen-bond donors (Lipinski definition) is 0. The molecule has 2 saturated heterocycles. The Labute approximate surface area is 165 Å². The Morgan fingerprint density at radius 1 is 1.32 bits per heavy atom. The van der Waals surface area contributed by atoms with Crippen LogP contribution in [0.4, 0.5) is 0 Å². The Morgan fingerprint density at radius 2 is 2.14 bits per heavy atom. The number of ether oxygens (including phenoxy) is 1. The zero-order valence-corrected chi connectivity index (χ0v) is 16.9. The molecule has 152 valence electrons. The van der Waals surface area contributed by atoms with Gasteiger partial charge < -0.3 is 9.26 Å². The van der Waals surface area contributed by atoms with Gasteiger partial charge in [0.2, 0.25) is 21.7 Å². The van der Waals surface area contributed by atoms with Crippen molar-refractivity contribution in [3.05, 3.63) is 30.4 Å². The topological polar surface area (TPSA) is 98.4 Å². The van der Waals surface area contributed by atoms with Gasteiger partial charge >= 0.3 is 0 Å². The summed E-state index contributed by atoms with van der Waals surface area (Å²) in [4.78, 5) is 8.60. The molecule has 28 heavy (non-hydrogen) atoms. The molecule has 0 amide bonds. The van der Waals surface area contributed by atoms with E-state index in [4.69, 9.17) is 9.26 Å². The van der Waals surface area contributed by atoms with Crippen LogP contribution < -0.4 is 0 Å². The Bertz CT molecular complexity index is 892. The molecule has 4 rings (SSSR count). The van der Waals surface area contributed by atoms with Gasteiger partial charge in [-0.05, 0) is 50.7 Å². The Balaban J connectivity index is 1.38. The maximum atomic E-state index is 12.1. The normalized spacial score (nSPS) is 23.1. The van der Waals surface area contributed by atoms with Crippen LogP contribution in [0.15, 0.2) is 29.0 Å². The van der Waals surface area contributed by atoms with Crippen LogP contribution in [-0.2, 0) is 21.2 Å². The van der Waals surface area contributed by atoms with Gasteiger partial charge in [0.15, 0.2) is 0 Å². The molecule has 0 N–H and O–H groups in total. The van der Waals surface area contributed by atoms with Crippen molar-refractivity contribution in [2.45, 2.75) is 44.6 Å². The van der Waals surface area contributed by atoms with Crippen molar-refractivity contribution in [3.8, 4) is 11.4 Å². The van der Waals surface area contributed by atoms with Crippen molar-refractivity contribution in [1.82, 2.24) is 19.4 Å². The highest BCUT2D eigenvalue weighted by molar-refractivity contribution is 7.89. The predicted octanol–water partition coefficient (Wildman–Crippen LogP) is 2.29. The fraction of sp³-hybridized carbons (Fsp3) is 0.632. The fourth-order valence-corrected chi connectivity index (χ4v) is 5.31. The second-order valence-electron chi connectivity index (χ2n) is 7.65. The lowest BCUT2D eigenvalue weighted by molar-refractivity contribution is -0.121. The van der Waals surface area contributed by atoms with Gasteiger partial charge in [-0.3, -0.25) is 4.98 Å². The lowest BCUT2D eigenvalue weighted by atomic mass is 9.79. The summed E-state index contributed by atoms with van der Waals surface area (Å²) < 4.78 is 37.4. The van der Waals surface area contributed by atoms with Crippen LogP contribution >= 0.6 is 0 Å². The van der Waals surface area contributed by atoms with Crippen LogP contribution in [0.25, 0.3) is 11.4 Å². The van der Waals surface area contributed by atoms with E-state index in [1.165, 1.54) is 0 Å². The summed E-state index contributed by atoms with van der Waals surface area (Å²) in [6, 6.07) is 3.75. The number of hydrogen-bond acceptors (Lipinski definition) is 7. The molecule has 0 saturated carbocycles. The largest absolute Gasteiger partial charge is 0.375 e. The maximum Gasteiger partial charge on any atom is 0.227 e. The molecule has 0 bridgehead atoms. The summed E-state index contributed by atoms with van der Waals surface area (Å²) in [5.41, 5.74) is 0.611. The molecular weight excluding hydrogens is 380 g/mol. The summed E-state index contributed by atoms with van der Waals surface area (Å²) in [6.07, 6.45) is 7.48. The molecule has 2 aliphatic heterocycles. The van der Waals surface area contributed by atoms with E-state index in [-0.39, 0.29) is 11.4 Å². The van der Waals surface area contributed by atoms with Gasteiger partial charge in [-0.15, -0.1) is 0 Å². The van der Waals surface area contributed by atoms with Gasteiger partial charge in [0.25, 0.3) is 0 Å². The molecule has 2 aromatic heterocycles. The molecule has 0 aromatic carbocycles.